The highest BCUT2D eigenvalue weighted by Crippen LogP contribution is 2.66. The van der Waals surface area contributed by atoms with E-state index in [-0.39, 0.29) is 0 Å². The van der Waals surface area contributed by atoms with Crippen LogP contribution in [0.15, 0.2) is 42.3 Å². The molecule has 5 rings (SSSR count). The topological polar surface area (TPSA) is 14.1 Å². The number of rotatable bonds is 1. The number of pyridine rings is 1. The lowest BCUT2D eigenvalue weighted by Gasteiger charge is -2.58. The SMILES string of the molecule is C[C@H]1CC[C@@]2(C)C(=CCC3C2CC[C@]2(C)C(c4ccc[nH+]c4)=CCC32)C1. The number of fused-ring (bicyclic) bond motifs is 5. The van der Waals surface area contributed by atoms with Crippen molar-refractivity contribution in [1.82, 2.24) is 0 Å². The van der Waals surface area contributed by atoms with Crippen molar-refractivity contribution in [3.63, 3.8) is 0 Å². The quantitative estimate of drug-likeness (QED) is 0.545. The van der Waals surface area contributed by atoms with Crippen molar-refractivity contribution in [3.8, 4) is 0 Å². The van der Waals surface area contributed by atoms with Crippen LogP contribution in [-0.4, -0.2) is 0 Å². The molecule has 0 aromatic carbocycles. The second-order valence-electron chi connectivity index (χ2n) is 10.2. The average molecular weight is 349 g/mol. The number of hydrogen-bond donors (Lipinski definition) is 0. The molecule has 2 saturated carbocycles. The van der Waals surface area contributed by atoms with Crippen LogP contribution in [0.5, 0.6) is 0 Å². The van der Waals surface area contributed by atoms with Gasteiger partial charge in [0.1, 0.15) is 0 Å². The van der Waals surface area contributed by atoms with E-state index in [1.165, 1.54) is 50.5 Å². The minimum Gasteiger partial charge on any atom is -0.217 e. The average Bonchev–Trinajstić information content (AvgIpc) is 3.00. The summed E-state index contributed by atoms with van der Waals surface area (Å²) in [5.74, 6) is 3.54. The summed E-state index contributed by atoms with van der Waals surface area (Å²) in [6, 6.07) is 4.45. The zero-order valence-electron chi connectivity index (χ0n) is 16.7. The number of H-pyrrole nitrogens is 1. The summed E-state index contributed by atoms with van der Waals surface area (Å²) in [5.41, 5.74) is 5.74. The van der Waals surface area contributed by atoms with Crippen molar-refractivity contribution in [1.29, 1.82) is 0 Å². The summed E-state index contributed by atoms with van der Waals surface area (Å²) in [6.45, 7) is 7.65. The fourth-order valence-corrected chi connectivity index (χ4v) is 7.42. The Morgan fingerprint density at radius 2 is 1.85 bits per heavy atom. The van der Waals surface area contributed by atoms with Crippen LogP contribution in [0.25, 0.3) is 5.57 Å². The van der Waals surface area contributed by atoms with Crippen molar-refractivity contribution < 1.29 is 4.98 Å². The summed E-state index contributed by atoms with van der Waals surface area (Å²) in [7, 11) is 0. The first-order chi connectivity index (χ1) is 12.5. The zero-order valence-corrected chi connectivity index (χ0v) is 16.7. The summed E-state index contributed by atoms with van der Waals surface area (Å²) in [4.78, 5) is 3.30. The summed E-state index contributed by atoms with van der Waals surface area (Å²) in [5, 5.41) is 0. The molecule has 1 heteroatoms. The fraction of sp³-hybridized carbons (Fsp3) is 0.640. The van der Waals surface area contributed by atoms with Crippen LogP contribution in [0.2, 0.25) is 0 Å². The molecule has 1 heterocycles. The van der Waals surface area contributed by atoms with Gasteiger partial charge in [-0.1, -0.05) is 38.5 Å². The number of aromatic amines is 1. The third-order valence-corrected chi connectivity index (χ3v) is 8.95. The summed E-state index contributed by atoms with van der Waals surface area (Å²) in [6.07, 6.45) is 19.2. The van der Waals surface area contributed by atoms with E-state index in [1.807, 2.05) is 11.8 Å². The third-order valence-electron chi connectivity index (χ3n) is 8.95. The van der Waals surface area contributed by atoms with Gasteiger partial charge in [0.05, 0.1) is 0 Å². The van der Waals surface area contributed by atoms with Crippen LogP contribution in [0.3, 0.4) is 0 Å². The van der Waals surface area contributed by atoms with E-state index in [9.17, 15) is 0 Å². The number of aromatic nitrogens is 1. The Balaban J connectivity index is 1.48. The molecule has 0 saturated heterocycles. The van der Waals surface area contributed by atoms with Gasteiger partial charge in [0, 0.05) is 11.6 Å². The monoisotopic (exact) mass is 348 g/mol. The Hall–Kier alpha value is -1.37. The number of hydrogen-bond acceptors (Lipinski definition) is 0. The highest BCUT2D eigenvalue weighted by atomic mass is 14.6. The van der Waals surface area contributed by atoms with E-state index in [2.05, 4.69) is 56.2 Å². The first-order valence-electron chi connectivity index (χ1n) is 10.9. The van der Waals surface area contributed by atoms with Crippen molar-refractivity contribution in [2.24, 2.45) is 34.5 Å². The largest absolute Gasteiger partial charge is 0.217 e. The van der Waals surface area contributed by atoms with E-state index in [0.29, 0.717) is 10.8 Å². The fourth-order valence-electron chi connectivity index (χ4n) is 7.42. The molecule has 138 valence electrons. The second kappa shape index (κ2) is 5.81. The molecule has 2 fully saturated rings. The zero-order chi connectivity index (χ0) is 17.9. The normalized spacial score (nSPS) is 44.4. The Labute approximate surface area is 159 Å². The first kappa shape index (κ1) is 16.8. The van der Waals surface area contributed by atoms with E-state index >= 15 is 0 Å². The standard InChI is InChI=1S/C25H33N/c1-17-10-12-24(2)19(15-17)6-7-20-22-9-8-21(18-5-4-14-26-16-18)25(22,3)13-11-23(20)24/h4-6,8,14,16-17,20,22-23H,7,9-13,15H2,1-3H3/p+1/t17-,20?,22?,23?,24-,25+/m0/s1. The highest BCUT2D eigenvalue weighted by Gasteiger charge is 2.56. The molecule has 6 atom stereocenters. The van der Waals surface area contributed by atoms with Crippen LogP contribution >= 0.6 is 0 Å². The van der Waals surface area contributed by atoms with Gasteiger partial charge < -0.3 is 0 Å². The second-order valence-corrected chi connectivity index (χ2v) is 10.2. The Bertz CT molecular complexity index is 760. The van der Waals surface area contributed by atoms with Crippen molar-refractivity contribution in [3.05, 3.63) is 47.8 Å². The molecular formula is C25H34N+. The van der Waals surface area contributed by atoms with E-state index in [0.717, 1.165) is 23.7 Å². The predicted molar refractivity (Wildman–Crippen MR) is 107 cm³/mol. The van der Waals surface area contributed by atoms with Crippen LogP contribution in [0, 0.1) is 34.5 Å². The van der Waals surface area contributed by atoms with Crippen LogP contribution in [0.4, 0.5) is 0 Å². The van der Waals surface area contributed by atoms with Gasteiger partial charge >= 0.3 is 0 Å². The van der Waals surface area contributed by atoms with Crippen LogP contribution in [-0.2, 0) is 0 Å². The molecule has 1 aromatic heterocycles. The lowest BCUT2D eigenvalue weighted by atomic mass is 9.47. The van der Waals surface area contributed by atoms with Gasteiger partial charge in [0.15, 0.2) is 12.4 Å². The van der Waals surface area contributed by atoms with Gasteiger partial charge in [-0.05, 0) is 91.1 Å². The van der Waals surface area contributed by atoms with Crippen molar-refractivity contribution in [2.75, 3.05) is 0 Å². The molecular weight excluding hydrogens is 314 g/mol. The maximum atomic E-state index is 3.30. The lowest BCUT2D eigenvalue weighted by molar-refractivity contribution is -0.378. The number of nitrogens with one attached hydrogen (secondary N) is 1. The van der Waals surface area contributed by atoms with E-state index in [4.69, 9.17) is 0 Å². The molecule has 0 bridgehead atoms. The van der Waals surface area contributed by atoms with E-state index < -0.39 is 0 Å². The van der Waals surface area contributed by atoms with Crippen LogP contribution < -0.4 is 4.98 Å². The van der Waals surface area contributed by atoms with Gasteiger partial charge in [-0.25, -0.2) is 4.98 Å². The lowest BCUT2D eigenvalue weighted by Crippen LogP contribution is -2.49. The molecule has 4 aliphatic rings. The Morgan fingerprint density at radius 1 is 1.00 bits per heavy atom. The van der Waals surface area contributed by atoms with E-state index in [1.54, 1.807) is 5.57 Å². The molecule has 0 amide bonds. The maximum absolute atomic E-state index is 3.30. The number of allylic oxidation sites excluding steroid dienone is 4. The Kier molecular flexibility index (Phi) is 3.75. The first-order valence-corrected chi connectivity index (χ1v) is 10.9. The van der Waals surface area contributed by atoms with Crippen molar-refractivity contribution in [2.45, 2.75) is 65.7 Å². The molecule has 0 spiro atoms. The van der Waals surface area contributed by atoms with Gasteiger partial charge in [0.2, 0.25) is 0 Å². The highest BCUT2D eigenvalue weighted by molar-refractivity contribution is 5.72. The Morgan fingerprint density at radius 3 is 2.65 bits per heavy atom. The summed E-state index contributed by atoms with van der Waals surface area (Å²) >= 11 is 0. The smallest absolute Gasteiger partial charge is 0.174 e. The van der Waals surface area contributed by atoms with Gasteiger partial charge in [-0.3, -0.25) is 0 Å². The van der Waals surface area contributed by atoms with Crippen molar-refractivity contribution >= 4 is 5.57 Å². The molecule has 4 aliphatic carbocycles. The van der Waals surface area contributed by atoms with Gasteiger partial charge in [-0.15, -0.1) is 0 Å². The molecule has 0 radical (unpaired) electrons. The molecule has 0 aliphatic heterocycles. The molecule has 1 N–H and O–H groups in total. The molecule has 1 aromatic rings. The minimum absolute atomic E-state index is 0.375. The predicted octanol–water partition coefficient (Wildman–Crippen LogP) is 6.09. The summed E-state index contributed by atoms with van der Waals surface area (Å²) < 4.78 is 0. The molecule has 26 heavy (non-hydrogen) atoms. The third kappa shape index (κ3) is 2.25. The van der Waals surface area contributed by atoms with Gasteiger partial charge in [0.25, 0.3) is 0 Å². The van der Waals surface area contributed by atoms with Crippen LogP contribution in [0.1, 0.15) is 71.3 Å². The molecule has 3 unspecified atom stereocenters. The minimum atomic E-state index is 0.375. The molecule has 1 nitrogen and oxygen atoms in total. The van der Waals surface area contributed by atoms with Gasteiger partial charge in [-0.2, -0.15) is 0 Å². The maximum Gasteiger partial charge on any atom is 0.174 e.